The van der Waals surface area contributed by atoms with Gasteiger partial charge >= 0.3 is 0 Å². The Kier molecular flexibility index (Phi) is 3.26. The van der Waals surface area contributed by atoms with Gasteiger partial charge in [-0.05, 0) is 24.3 Å². The molecule has 0 saturated heterocycles. The number of rotatable bonds is 3. The van der Waals surface area contributed by atoms with Gasteiger partial charge in [-0.3, -0.25) is 14.7 Å². The Morgan fingerprint density at radius 3 is 2.80 bits per heavy atom. The number of hydrogen-bond donors (Lipinski definition) is 1. The van der Waals surface area contributed by atoms with Crippen molar-refractivity contribution >= 4 is 22.4 Å². The molecule has 2 heterocycles. The van der Waals surface area contributed by atoms with Crippen molar-refractivity contribution in [3.63, 3.8) is 0 Å². The lowest BCUT2D eigenvalue weighted by atomic mass is 10.3. The van der Waals surface area contributed by atoms with E-state index in [-0.39, 0.29) is 11.7 Å². The molecule has 20 heavy (non-hydrogen) atoms. The summed E-state index contributed by atoms with van der Waals surface area (Å²) in [5, 5.41) is 4.97. The predicted octanol–water partition coefficient (Wildman–Crippen LogP) is 2.72. The largest absolute Gasteiger partial charge is 0.296 e. The molecular weight excluding hydrogens is 279 g/mol. The number of halogens is 1. The van der Waals surface area contributed by atoms with Gasteiger partial charge in [-0.25, -0.2) is 14.4 Å². The molecule has 0 fully saturated rings. The van der Waals surface area contributed by atoms with Crippen LogP contribution in [0.25, 0.3) is 5.69 Å². The van der Waals surface area contributed by atoms with Crippen molar-refractivity contribution in [2.24, 2.45) is 0 Å². The van der Waals surface area contributed by atoms with E-state index < -0.39 is 0 Å². The molecule has 1 amide bonds. The summed E-state index contributed by atoms with van der Waals surface area (Å²) in [6.45, 7) is 0. The fraction of sp³-hybridized carbons (Fsp3) is 0. The maximum atomic E-state index is 12.9. The molecular formula is C13H9FN4OS. The van der Waals surface area contributed by atoms with E-state index in [0.717, 1.165) is 0 Å². The maximum absolute atomic E-state index is 12.9. The average molecular weight is 288 g/mol. The second kappa shape index (κ2) is 5.22. The third-order valence-corrected chi connectivity index (χ3v) is 3.32. The zero-order valence-electron chi connectivity index (χ0n) is 10.2. The zero-order chi connectivity index (χ0) is 13.9. The second-order valence-corrected chi connectivity index (χ2v) is 4.81. The van der Waals surface area contributed by atoms with E-state index in [0.29, 0.717) is 16.5 Å². The average Bonchev–Trinajstić information content (AvgIpc) is 3.10. The van der Waals surface area contributed by atoms with Crippen molar-refractivity contribution in [1.82, 2.24) is 14.5 Å². The van der Waals surface area contributed by atoms with Crippen molar-refractivity contribution < 1.29 is 9.18 Å². The van der Waals surface area contributed by atoms with Crippen molar-refractivity contribution in [2.45, 2.75) is 0 Å². The molecule has 0 bridgehead atoms. The summed E-state index contributed by atoms with van der Waals surface area (Å²) in [5.41, 5.74) is 1.01. The SMILES string of the molecule is O=C(Nc1nccs1)c1cncn1-c1ccc(F)cc1. The van der Waals surface area contributed by atoms with Gasteiger partial charge < -0.3 is 0 Å². The van der Waals surface area contributed by atoms with E-state index in [9.17, 15) is 9.18 Å². The minimum absolute atomic E-state index is 0.318. The summed E-state index contributed by atoms with van der Waals surface area (Å²) < 4.78 is 14.5. The molecule has 0 spiro atoms. The third kappa shape index (κ3) is 2.43. The monoisotopic (exact) mass is 288 g/mol. The molecule has 0 unspecified atom stereocenters. The van der Waals surface area contributed by atoms with E-state index in [2.05, 4.69) is 15.3 Å². The van der Waals surface area contributed by atoms with E-state index in [1.54, 1.807) is 28.3 Å². The zero-order valence-corrected chi connectivity index (χ0v) is 11.0. The lowest BCUT2D eigenvalue weighted by Crippen LogP contribution is -2.15. The van der Waals surface area contributed by atoms with Gasteiger partial charge in [0.1, 0.15) is 11.5 Å². The van der Waals surface area contributed by atoms with Crippen LogP contribution in [0.3, 0.4) is 0 Å². The molecule has 0 aliphatic heterocycles. The van der Waals surface area contributed by atoms with Crippen molar-refractivity contribution in [2.75, 3.05) is 5.32 Å². The Morgan fingerprint density at radius 2 is 2.10 bits per heavy atom. The highest BCUT2D eigenvalue weighted by atomic mass is 32.1. The Balaban J connectivity index is 1.90. The molecule has 0 aliphatic carbocycles. The summed E-state index contributed by atoms with van der Waals surface area (Å²) in [6.07, 6.45) is 4.56. The number of nitrogens with zero attached hydrogens (tertiary/aromatic N) is 3. The highest BCUT2D eigenvalue weighted by Crippen LogP contribution is 2.15. The van der Waals surface area contributed by atoms with Gasteiger partial charge in [0.15, 0.2) is 5.13 Å². The number of hydrogen-bond acceptors (Lipinski definition) is 4. The van der Waals surface area contributed by atoms with Crippen molar-refractivity contribution in [3.05, 3.63) is 59.9 Å². The van der Waals surface area contributed by atoms with Gasteiger partial charge in [0, 0.05) is 17.3 Å². The number of imidazole rings is 1. The molecule has 1 aromatic carbocycles. The Labute approximate surface area is 117 Å². The first-order valence-electron chi connectivity index (χ1n) is 5.73. The smallest absolute Gasteiger partial charge is 0.276 e. The lowest BCUT2D eigenvalue weighted by molar-refractivity contribution is 0.102. The van der Waals surface area contributed by atoms with Crippen LogP contribution in [-0.4, -0.2) is 20.4 Å². The van der Waals surface area contributed by atoms with Crippen LogP contribution in [0.4, 0.5) is 9.52 Å². The normalized spacial score (nSPS) is 10.4. The minimum Gasteiger partial charge on any atom is -0.296 e. The first kappa shape index (κ1) is 12.5. The number of aromatic nitrogens is 3. The molecule has 0 saturated carbocycles. The molecule has 0 radical (unpaired) electrons. The number of benzene rings is 1. The fourth-order valence-corrected chi connectivity index (χ4v) is 2.24. The van der Waals surface area contributed by atoms with Crippen molar-refractivity contribution in [3.8, 4) is 5.69 Å². The van der Waals surface area contributed by atoms with E-state index >= 15 is 0 Å². The number of carbonyl (C=O) groups excluding carboxylic acids is 1. The molecule has 0 atom stereocenters. The quantitative estimate of drug-likeness (QED) is 0.806. The van der Waals surface area contributed by atoms with Crippen LogP contribution in [0.1, 0.15) is 10.5 Å². The summed E-state index contributed by atoms with van der Waals surface area (Å²) in [6, 6.07) is 5.82. The van der Waals surface area contributed by atoms with Gasteiger partial charge in [0.2, 0.25) is 0 Å². The van der Waals surface area contributed by atoms with Crippen LogP contribution in [0, 0.1) is 5.82 Å². The van der Waals surface area contributed by atoms with Gasteiger partial charge in [0.05, 0.1) is 12.5 Å². The highest BCUT2D eigenvalue weighted by Gasteiger charge is 2.14. The highest BCUT2D eigenvalue weighted by molar-refractivity contribution is 7.13. The van der Waals surface area contributed by atoms with Crippen LogP contribution in [0.2, 0.25) is 0 Å². The second-order valence-electron chi connectivity index (χ2n) is 3.92. The summed E-state index contributed by atoms with van der Waals surface area (Å²) in [5.74, 6) is -0.649. The minimum atomic E-state index is -0.331. The number of amides is 1. The summed E-state index contributed by atoms with van der Waals surface area (Å²) in [4.78, 5) is 20.1. The number of anilines is 1. The standard InChI is InChI=1S/C13H9FN4OS/c14-9-1-3-10(4-2-9)18-8-15-7-11(18)12(19)17-13-16-5-6-20-13/h1-8H,(H,16,17,19). The maximum Gasteiger partial charge on any atom is 0.276 e. The fourth-order valence-electron chi connectivity index (χ4n) is 1.72. The first-order chi connectivity index (χ1) is 9.74. The van der Waals surface area contributed by atoms with Crippen molar-refractivity contribution in [1.29, 1.82) is 0 Å². The summed E-state index contributed by atoms with van der Waals surface area (Å²) in [7, 11) is 0. The van der Waals surface area contributed by atoms with Gasteiger partial charge in [-0.2, -0.15) is 0 Å². The molecule has 1 N–H and O–H groups in total. The van der Waals surface area contributed by atoms with Gasteiger partial charge in [-0.1, -0.05) is 0 Å². The van der Waals surface area contributed by atoms with Crippen LogP contribution >= 0.6 is 11.3 Å². The Bertz CT molecular complexity index is 721. The molecule has 0 aliphatic rings. The van der Waals surface area contributed by atoms with Crippen LogP contribution < -0.4 is 5.32 Å². The summed E-state index contributed by atoms with van der Waals surface area (Å²) >= 11 is 1.33. The first-order valence-corrected chi connectivity index (χ1v) is 6.61. The van der Waals surface area contributed by atoms with E-state index in [4.69, 9.17) is 0 Å². The molecule has 3 aromatic rings. The molecule has 2 aromatic heterocycles. The molecule has 7 heteroatoms. The van der Waals surface area contributed by atoms with Crippen LogP contribution in [-0.2, 0) is 0 Å². The number of thiazole rings is 1. The number of nitrogens with one attached hydrogen (secondary N) is 1. The van der Waals surface area contributed by atoms with Gasteiger partial charge in [0.25, 0.3) is 5.91 Å². The topological polar surface area (TPSA) is 59.8 Å². The number of carbonyl (C=O) groups is 1. The Morgan fingerprint density at radius 1 is 1.30 bits per heavy atom. The molecule has 3 rings (SSSR count). The van der Waals surface area contributed by atoms with E-state index in [1.807, 2.05) is 0 Å². The van der Waals surface area contributed by atoms with Gasteiger partial charge in [-0.15, -0.1) is 11.3 Å². The molecule has 5 nitrogen and oxygen atoms in total. The third-order valence-electron chi connectivity index (χ3n) is 2.63. The predicted molar refractivity (Wildman–Crippen MR) is 73.6 cm³/mol. The lowest BCUT2D eigenvalue weighted by Gasteiger charge is -2.07. The van der Waals surface area contributed by atoms with Crippen LogP contribution in [0.5, 0.6) is 0 Å². The Hall–Kier alpha value is -2.54. The molecule has 100 valence electrons. The van der Waals surface area contributed by atoms with Crippen LogP contribution in [0.15, 0.2) is 48.4 Å². The van der Waals surface area contributed by atoms with E-state index in [1.165, 1.54) is 36.0 Å².